The first-order chi connectivity index (χ1) is 11.4. The number of allylic oxidation sites excluding steroid dienone is 4. The van der Waals surface area contributed by atoms with Crippen molar-refractivity contribution in [1.82, 2.24) is 4.90 Å². The molecule has 0 amide bonds. The molecular weight excluding hydrogens is 342 g/mol. The number of nitrogens with zero attached hydrogens (tertiary/aromatic N) is 1. The molecule has 0 aromatic heterocycles. The standard InChI is InChI=1S/C21H42N2P2/c1-16(2)24(10,17(3)4)14-20-12-11-13-21(23(20)9)15-25(22,18(5)6)19(7)8/h11-13,15-19H,14,22H2,1-10H3/q+2/b21-15-. The summed E-state index contributed by atoms with van der Waals surface area (Å²) < 4.78 is 0. The molecule has 25 heavy (non-hydrogen) atoms. The molecule has 0 aromatic rings. The molecule has 0 aromatic carbocycles. The van der Waals surface area contributed by atoms with Gasteiger partial charge < -0.3 is 4.90 Å². The van der Waals surface area contributed by atoms with Crippen LogP contribution < -0.4 is 5.50 Å². The number of hydrogen-bond donors (Lipinski definition) is 1. The summed E-state index contributed by atoms with van der Waals surface area (Å²) in [6, 6.07) is 0. The highest BCUT2D eigenvalue weighted by Crippen LogP contribution is 2.65. The molecule has 0 saturated heterocycles. The monoisotopic (exact) mass is 384 g/mol. The first kappa shape index (κ1) is 22.9. The lowest BCUT2D eigenvalue weighted by Crippen LogP contribution is -2.28. The first-order valence-corrected chi connectivity index (χ1v) is 14.3. The van der Waals surface area contributed by atoms with Crippen LogP contribution in [0.1, 0.15) is 55.4 Å². The van der Waals surface area contributed by atoms with Crippen LogP contribution in [0, 0.1) is 0 Å². The van der Waals surface area contributed by atoms with Crippen molar-refractivity contribution in [2.45, 2.75) is 78.0 Å². The Labute approximate surface area is 158 Å². The Kier molecular flexibility index (Phi) is 7.95. The molecule has 1 aliphatic rings. The van der Waals surface area contributed by atoms with Crippen molar-refractivity contribution in [3.8, 4) is 0 Å². The summed E-state index contributed by atoms with van der Waals surface area (Å²) in [5, 5.41) is 0. The topological polar surface area (TPSA) is 29.3 Å². The summed E-state index contributed by atoms with van der Waals surface area (Å²) >= 11 is 0. The van der Waals surface area contributed by atoms with Gasteiger partial charge in [0.25, 0.3) is 0 Å². The van der Waals surface area contributed by atoms with E-state index in [1.165, 1.54) is 17.6 Å². The molecule has 0 fully saturated rings. The molecule has 144 valence electrons. The highest BCUT2D eigenvalue weighted by molar-refractivity contribution is 7.77. The van der Waals surface area contributed by atoms with E-state index in [9.17, 15) is 0 Å². The van der Waals surface area contributed by atoms with Gasteiger partial charge in [0.2, 0.25) is 0 Å². The van der Waals surface area contributed by atoms with Crippen molar-refractivity contribution < 1.29 is 0 Å². The minimum Gasteiger partial charge on any atom is -0.342 e. The predicted molar refractivity (Wildman–Crippen MR) is 122 cm³/mol. The molecular formula is C21H42N2P2+2. The second kappa shape index (κ2) is 8.69. The second-order valence-corrected chi connectivity index (χ2v) is 18.1. The summed E-state index contributed by atoms with van der Waals surface area (Å²) in [7, 11) is -0.417. The van der Waals surface area contributed by atoms with Gasteiger partial charge in [0, 0.05) is 21.0 Å². The van der Waals surface area contributed by atoms with Crippen LogP contribution in [0.25, 0.3) is 0 Å². The van der Waals surface area contributed by atoms with E-state index in [2.05, 4.69) is 98.0 Å². The zero-order chi connectivity index (χ0) is 19.6. The first-order valence-electron chi connectivity index (χ1n) is 9.71. The maximum atomic E-state index is 6.91. The Morgan fingerprint density at radius 3 is 1.84 bits per heavy atom. The molecule has 0 saturated carbocycles. The maximum absolute atomic E-state index is 6.91. The molecule has 2 nitrogen and oxygen atoms in total. The van der Waals surface area contributed by atoms with Gasteiger partial charge in [-0.1, -0.05) is 6.08 Å². The Bertz CT molecular complexity index is 526. The van der Waals surface area contributed by atoms with Gasteiger partial charge in [-0.25, -0.2) is 5.50 Å². The van der Waals surface area contributed by atoms with Gasteiger partial charge in [-0.3, -0.25) is 0 Å². The smallest absolute Gasteiger partial charge is 0.109 e. The predicted octanol–water partition coefficient (Wildman–Crippen LogP) is 6.39. The second-order valence-electron chi connectivity index (χ2n) is 8.90. The Morgan fingerprint density at radius 2 is 1.44 bits per heavy atom. The van der Waals surface area contributed by atoms with Crippen LogP contribution >= 0.6 is 14.7 Å². The minimum absolute atomic E-state index is 0.514. The third-order valence-corrected chi connectivity index (χ3v) is 16.4. The van der Waals surface area contributed by atoms with E-state index in [0.717, 1.165) is 11.3 Å². The molecule has 0 spiro atoms. The van der Waals surface area contributed by atoms with E-state index in [0.29, 0.717) is 11.3 Å². The fraction of sp³-hybridized carbons (Fsp3) is 0.714. The fourth-order valence-corrected chi connectivity index (χ4v) is 8.81. The zero-order valence-corrected chi connectivity index (χ0v) is 20.0. The van der Waals surface area contributed by atoms with Crippen LogP contribution in [-0.4, -0.2) is 47.4 Å². The van der Waals surface area contributed by atoms with Gasteiger partial charge in [-0.2, -0.15) is 0 Å². The zero-order valence-electron chi connectivity index (χ0n) is 18.2. The normalized spacial score (nSPS) is 18.3. The third-order valence-electron chi connectivity index (χ3n) is 6.38. The van der Waals surface area contributed by atoms with Gasteiger partial charge in [0.15, 0.2) is 0 Å². The van der Waals surface area contributed by atoms with Crippen molar-refractivity contribution in [2.24, 2.45) is 5.50 Å². The van der Waals surface area contributed by atoms with E-state index < -0.39 is 14.7 Å². The molecule has 1 rings (SSSR count). The summed E-state index contributed by atoms with van der Waals surface area (Å²) in [6.45, 7) is 21.2. The molecule has 0 unspecified atom stereocenters. The van der Waals surface area contributed by atoms with Crippen LogP contribution in [-0.2, 0) is 0 Å². The van der Waals surface area contributed by atoms with Crippen molar-refractivity contribution in [3.63, 3.8) is 0 Å². The van der Waals surface area contributed by atoms with Crippen LogP contribution in [0.15, 0.2) is 35.4 Å². The maximum Gasteiger partial charge on any atom is 0.109 e. The lowest BCUT2D eigenvalue weighted by Gasteiger charge is -2.36. The van der Waals surface area contributed by atoms with Crippen LogP contribution in [0.2, 0.25) is 0 Å². The summed E-state index contributed by atoms with van der Waals surface area (Å²) in [6.07, 6.45) is 7.97. The van der Waals surface area contributed by atoms with E-state index in [1.807, 2.05) is 0 Å². The van der Waals surface area contributed by atoms with E-state index in [-0.39, 0.29) is 0 Å². The lowest BCUT2D eigenvalue weighted by molar-refractivity contribution is 0.534. The molecule has 1 heterocycles. The van der Waals surface area contributed by atoms with Crippen LogP contribution in [0.4, 0.5) is 0 Å². The van der Waals surface area contributed by atoms with Crippen molar-refractivity contribution in [3.05, 3.63) is 35.4 Å². The SMILES string of the molecule is CC(C)[P+](N)(/C=C1/C=CC=C(C[P+](C)(C(C)C)C(C)C)N1C)C(C)C. The van der Waals surface area contributed by atoms with Crippen LogP contribution in [0.5, 0.6) is 0 Å². The Hall–Kier alpha value is -0.160. The van der Waals surface area contributed by atoms with Crippen LogP contribution in [0.3, 0.4) is 0 Å². The Balaban J connectivity index is 3.17. The summed E-state index contributed by atoms with van der Waals surface area (Å²) in [5.74, 6) is 2.41. The lowest BCUT2D eigenvalue weighted by atomic mass is 10.2. The molecule has 0 atom stereocenters. The molecule has 1 aliphatic heterocycles. The van der Waals surface area contributed by atoms with E-state index in [4.69, 9.17) is 5.50 Å². The van der Waals surface area contributed by atoms with Gasteiger partial charge in [0.1, 0.15) is 7.41 Å². The fourth-order valence-electron chi connectivity index (χ4n) is 3.37. The molecule has 0 radical (unpaired) electrons. The number of hydrogen-bond acceptors (Lipinski definition) is 2. The van der Waals surface area contributed by atoms with E-state index in [1.54, 1.807) is 0 Å². The summed E-state index contributed by atoms with van der Waals surface area (Å²) in [5.41, 5.74) is 12.2. The van der Waals surface area contributed by atoms with Crippen molar-refractivity contribution in [1.29, 1.82) is 0 Å². The largest absolute Gasteiger partial charge is 0.342 e. The van der Waals surface area contributed by atoms with Gasteiger partial charge in [-0.05, 0) is 67.5 Å². The van der Waals surface area contributed by atoms with Crippen molar-refractivity contribution in [2.75, 3.05) is 19.9 Å². The quantitative estimate of drug-likeness (QED) is 0.516. The highest BCUT2D eigenvalue weighted by Gasteiger charge is 2.42. The third kappa shape index (κ3) is 4.97. The van der Waals surface area contributed by atoms with Gasteiger partial charge in [0.05, 0.1) is 46.0 Å². The summed E-state index contributed by atoms with van der Waals surface area (Å²) in [4.78, 5) is 2.40. The number of likely N-dealkylation sites (N-methyl/N-ethyl adjacent to an activating group) is 1. The van der Waals surface area contributed by atoms with E-state index >= 15 is 0 Å². The molecule has 0 aliphatic carbocycles. The highest BCUT2D eigenvalue weighted by atomic mass is 31.2. The van der Waals surface area contributed by atoms with Gasteiger partial charge in [-0.15, -0.1) is 0 Å². The van der Waals surface area contributed by atoms with Crippen molar-refractivity contribution >= 4 is 14.7 Å². The Morgan fingerprint density at radius 1 is 0.960 bits per heavy atom. The molecule has 4 heteroatoms. The number of nitrogens with two attached hydrogens (primary N) is 1. The number of rotatable bonds is 7. The molecule has 0 bridgehead atoms. The minimum atomic E-state index is -1.61. The average Bonchev–Trinajstić information content (AvgIpc) is 2.50. The molecule has 2 N–H and O–H groups in total. The average molecular weight is 385 g/mol. The van der Waals surface area contributed by atoms with Gasteiger partial charge >= 0.3 is 0 Å².